The number of nitrogens with zero attached hydrogens (tertiary/aromatic N) is 2. The lowest BCUT2D eigenvalue weighted by molar-refractivity contribution is -0.118. The van der Waals surface area contributed by atoms with Gasteiger partial charge < -0.3 is 14.9 Å². The molecule has 7 nitrogen and oxygen atoms in total. The second kappa shape index (κ2) is 7.04. The second-order valence-corrected chi connectivity index (χ2v) is 5.53. The van der Waals surface area contributed by atoms with Crippen molar-refractivity contribution >= 4 is 11.7 Å². The molecule has 1 atom stereocenters. The van der Waals surface area contributed by atoms with E-state index in [0.717, 1.165) is 0 Å². The normalized spacial score (nSPS) is 12.2. The molecule has 2 N–H and O–H groups in total. The van der Waals surface area contributed by atoms with Crippen LogP contribution in [0.4, 0.5) is 0 Å². The smallest absolute Gasteiger partial charge is 0.284 e. The Bertz CT molecular complexity index is 692. The number of ether oxygens (including phenoxy) is 1. The van der Waals surface area contributed by atoms with Crippen LogP contribution in [0.3, 0.4) is 0 Å². The Hall–Kier alpha value is -2.70. The van der Waals surface area contributed by atoms with E-state index in [9.17, 15) is 9.59 Å². The van der Waals surface area contributed by atoms with E-state index in [1.54, 1.807) is 31.4 Å². The number of rotatable bonds is 7. The van der Waals surface area contributed by atoms with Crippen molar-refractivity contribution in [3.8, 4) is 17.2 Å². The maximum Gasteiger partial charge on any atom is 0.284 e. The highest BCUT2D eigenvalue weighted by molar-refractivity contribution is 5.96. The molecule has 2 aromatic rings. The van der Waals surface area contributed by atoms with Crippen LogP contribution in [0.15, 0.2) is 28.7 Å². The molecule has 23 heavy (non-hydrogen) atoms. The predicted molar refractivity (Wildman–Crippen MR) is 82.8 cm³/mol. The first-order valence-electron chi connectivity index (χ1n) is 7.22. The van der Waals surface area contributed by atoms with Crippen LogP contribution >= 0.6 is 0 Å². The van der Waals surface area contributed by atoms with Crippen molar-refractivity contribution in [1.29, 1.82) is 0 Å². The predicted octanol–water partition coefficient (Wildman–Crippen LogP) is 2.08. The van der Waals surface area contributed by atoms with E-state index in [0.29, 0.717) is 11.3 Å². The van der Waals surface area contributed by atoms with Crippen LogP contribution in [0.1, 0.15) is 31.0 Å². The Labute approximate surface area is 133 Å². The van der Waals surface area contributed by atoms with Gasteiger partial charge in [-0.25, -0.2) is 0 Å². The van der Waals surface area contributed by atoms with Gasteiger partial charge in [0.1, 0.15) is 5.75 Å². The van der Waals surface area contributed by atoms with Crippen molar-refractivity contribution in [3.05, 3.63) is 30.2 Å². The summed E-state index contributed by atoms with van der Waals surface area (Å²) in [5.41, 5.74) is 5.88. The maximum atomic E-state index is 12.4. The van der Waals surface area contributed by atoms with Crippen LogP contribution in [-0.2, 0) is 4.79 Å². The molecule has 1 unspecified atom stereocenters. The standard InChI is InChI=1S/C16H19N3O4/c1-9(2)12(8-13(17)20)14(21)16-19-18-15(23-16)10-4-6-11(22-3)7-5-10/h4-7,9,12H,8H2,1-3H3,(H2,17,20). The van der Waals surface area contributed by atoms with Crippen molar-refractivity contribution in [2.45, 2.75) is 20.3 Å². The van der Waals surface area contributed by atoms with Crippen molar-refractivity contribution in [3.63, 3.8) is 0 Å². The molecule has 0 bridgehead atoms. The van der Waals surface area contributed by atoms with Gasteiger partial charge in [-0.15, -0.1) is 10.2 Å². The van der Waals surface area contributed by atoms with Crippen LogP contribution in [0, 0.1) is 11.8 Å². The maximum absolute atomic E-state index is 12.4. The van der Waals surface area contributed by atoms with Gasteiger partial charge >= 0.3 is 0 Å². The highest BCUT2D eigenvalue weighted by Crippen LogP contribution is 2.24. The van der Waals surface area contributed by atoms with Gasteiger partial charge in [-0.1, -0.05) is 13.8 Å². The monoisotopic (exact) mass is 317 g/mol. The summed E-state index contributed by atoms with van der Waals surface area (Å²) >= 11 is 0. The third kappa shape index (κ3) is 3.94. The minimum Gasteiger partial charge on any atom is -0.497 e. The number of methoxy groups -OCH3 is 1. The number of nitrogens with two attached hydrogens (primary N) is 1. The number of ketones is 1. The summed E-state index contributed by atoms with van der Waals surface area (Å²) in [4.78, 5) is 23.6. The molecule has 0 saturated heterocycles. The molecule has 1 heterocycles. The van der Waals surface area contributed by atoms with Crippen molar-refractivity contribution < 1.29 is 18.7 Å². The summed E-state index contributed by atoms with van der Waals surface area (Å²) in [6.45, 7) is 3.68. The Balaban J connectivity index is 2.22. The van der Waals surface area contributed by atoms with Gasteiger partial charge in [0.05, 0.1) is 7.11 Å². The van der Waals surface area contributed by atoms with Gasteiger partial charge in [0.15, 0.2) is 0 Å². The summed E-state index contributed by atoms with van der Waals surface area (Å²) in [5, 5.41) is 7.69. The van der Waals surface area contributed by atoms with Crippen LogP contribution < -0.4 is 10.5 Å². The van der Waals surface area contributed by atoms with Crippen LogP contribution in [0.5, 0.6) is 5.75 Å². The van der Waals surface area contributed by atoms with E-state index in [-0.39, 0.29) is 29.9 Å². The molecule has 1 aromatic heterocycles. The Morgan fingerprint density at radius 1 is 1.22 bits per heavy atom. The molecule has 1 amide bonds. The summed E-state index contributed by atoms with van der Waals surface area (Å²) < 4.78 is 10.5. The zero-order valence-electron chi connectivity index (χ0n) is 13.3. The van der Waals surface area contributed by atoms with Crippen molar-refractivity contribution in [2.75, 3.05) is 7.11 Å². The van der Waals surface area contributed by atoms with E-state index < -0.39 is 11.8 Å². The number of hydrogen-bond acceptors (Lipinski definition) is 6. The minimum atomic E-state index is -0.573. The number of hydrogen-bond donors (Lipinski definition) is 1. The van der Waals surface area contributed by atoms with Gasteiger partial charge in [-0.05, 0) is 30.2 Å². The quantitative estimate of drug-likeness (QED) is 0.783. The lowest BCUT2D eigenvalue weighted by Crippen LogP contribution is -2.27. The number of primary amides is 1. The topological polar surface area (TPSA) is 108 Å². The van der Waals surface area contributed by atoms with E-state index in [4.69, 9.17) is 14.9 Å². The molecule has 122 valence electrons. The SMILES string of the molecule is COc1ccc(-c2nnc(C(=O)C(CC(N)=O)C(C)C)o2)cc1. The molecule has 0 fully saturated rings. The third-order valence-electron chi connectivity index (χ3n) is 3.54. The molecular weight excluding hydrogens is 298 g/mol. The number of carbonyl (C=O) groups excluding carboxylic acids is 2. The first-order chi connectivity index (χ1) is 10.9. The average molecular weight is 317 g/mol. The molecule has 0 spiro atoms. The van der Waals surface area contributed by atoms with Gasteiger partial charge in [0, 0.05) is 17.9 Å². The van der Waals surface area contributed by atoms with E-state index in [1.165, 1.54) is 0 Å². The van der Waals surface area contributed by atoms with Crippen LogP contribution in [0.2, 0.25) is 0 Å². The number of Topliss-reactive ketones (excluding diaryl/α,β-unsaturated/α-hetero) is 1. The van der Waals surface area contributed by atoms with Gasteiger partial charge in [-0.3, -0.25) is 9.59 Å². The van der Waals surface area contributed by atoms with E-state index >= 15 is 0 Å². The highest BCUT2D eigenvalue weighted by atomic mass is 16.5. The van der Waals surface area contributed by atoms with Crippen molar-refractivity contribution in [1.82, 2.24) is 10.2 Å². The molecule has 0 aliphatic heterocycles. The first kappa shape index (κ1) is 16.7. The van der Waals surface area contributed by atoms with Gasteiger partial charge in [-0.2, -0.15) is 0 Å². The van der Waals surface area contributed by atoms with Crippen LogP contribution in [-0.4, -0.2) is 29.0 Å². The van der Waals surface area contributed by atoms with Crippen molar-refractivity contribution in [2.24, 2.45) is 17.6 Å². The fourth-order valence-electron chi connectivity index (χ4n) is 2.18. The molecule has 7 heteroatoms. The summed E-state index contributed by atoms with van der Waals surface area (Å²) in [6, 6.07) is 7.02. The minimum absolute atomic E-state index is 0.0449. The third-order valence-corrected chi connectivity index (χ3v) is 3.54. The highest BCUT2D eigenvalue weighted by Gasteiger charge is 2.29. The summed E-state index contributed by atoms with van der Waals surface area (Å²) in [6.07, 6.45) is -0.0449. The number of amides is 1. The number of carbonyl (C=O) groups is 2. The molecular formula is C16H19N3O4. The summed E-state index contributed by atoms with van der Waals surface area (Å²) in [7, 11) is 1.57. The van der Waals surface area contributed by atoms with Gasteiger partial charge in [0.25, 0.3) is 5.89 Å². The zero-order valence-corrected chi connectivity index (χ0v) is 13.3. The van der Waals surface area contributed by atoms with Crippen LogP contribution in [0.25, 0.3) is 11.5 Å². The molecule has 1 aromatic carbocycles. The lowest BCUT2D eigenvalue weighted by atomic mass is 9.88. The first-order valence-corrected chi connectivity index (χ1v) is 7.22. The fraction of sp³-hybridized carbons (Fsp3) is 0.375. The fourth-order valence-corrected chi connectivity index (χ4v) is 2.18. The lowest BCUT2D eigenvalue weighted by Gasteiger charge is -2.15. The Morgan fingerprint density at radius 2 is 1.87 bits per heavy atom. The Morgan fingerprint density at radius 3 is 2.39 bits per heavy atom. The number of benzene rings is 1. The average Bonchev–Trinajstić information content (AvgIpc) is 3.01. The molecule has 0 saturated carbocycles. The zero-order chi connectivity index (χ0) is 17.0. The van der Waals surface area contributed by atoms with Gasteiger partial charge in [0.2, 0.25) is 17.6 Å². The molecule has 0 radical (unpaired) electrons. The molecule has 0 aliphatic carbocycles. The summed E-state index contributed by atoms with van der Waals surface area (Å²) in [5.74, 6) is -0.722. The largest absolute Gasteiger partial charge is 0.497 e. The second-order valence-electron chi connectivity index (χ2n) is 5.53. The molecule has 0 aliphatic rings. The Kier molecular flexibility index (Phi) is 5.10. The molecule has 2 rings (SSSR count). The van der Waals surface area contributed by atoms with E-state index in [1.807, 2.05) is 13.8 Å². The number of aromatic nitrogens is 2. The van der Waals surface area contributed by atoms with E-state index in [2.05, 4.69) is 10.2 Å².